The maximum Gasteiger partial charge on any atom is 0.272 e. The zero-order chi connectivity index (χ0) is 15.7. The lowest BCUT2D eigenvalue weighted by Gasteiger charge is -2.38. The fraction of sp³-hybridized carbons (Fsp3) is 0.765. The second-order valence-electron chi connectivity index (χ2n) is 7.14. The van der Waals surface area contributed by atoms with Crippen LogP contribution in [0.1, 0.15) is 62.1 Å². The van der Waals surface area contributed by atoms with Gasteiger partial charge in [-0.15, -0.1) is 0 Å². The Morgan fingerprint density at radius 2 is 2.09 bits per heavy atom. The van der Waals surface area contributed by atoms with Crippen molar-refractivity contribution in [3.63, 3.8) is 0 Å². The molecule has 5 heteroatoms. The highest BCUT2D eigenvalue weighted by atomic mass is 16.2. The zero-order valence-corrected chi connectivity index (χ0v) is 14.1. The largest absolute Gasteiger partial charge is 0.337 e. The van der Waals surface area contributed by atoms with Crippen molar-refractivity contribution in [1.82, 2.24) is 20.0 Å². The molecule has 0 aromatic carbocycles. The Bertz CT molecular complexity index is 533. The van der Waals surface area contributed by atoms with Gasteiger partial charge >= 0.3 is 0 Å². The molecule has 5 nitrogen and oxygen atoms in total. The zero-order valence-electron chi connectivity index (χ0n) is 14.1. The van der Waals surface area contributed by atoms with Crippen LogP contribution in [0.3, 0.4) is 0 Å². The van der Waals surface area contributed by atoms with E-state index in [1.165, 1.54) is 6.42 Å². The molecule has 3 rings (SSSR count). The smallest absolute Gasteiger partial charge is 0.272 e. The molecular weight excluding hydrogens is 276 g/mol. The monoisotopic (exact) mass is 304 g/mol. The van der Waals surface area contributed by atoms with Gasteiger partial charge in [0.1, 0.15) is 5.69 Å². The van der Waals surface area contributed by atoms with Crippen molar-refractivity contribution >= 4 is 5.91 Å². The average Bonchev–Trinajstić information content (AvgIpc) is 3.14. The van der Waals surface area contributed by atoms with Crippen molar-refractivity contribution in [2.45, 2.75) is 52.5 Å². The Kier molecular flexibility index (Phi) is 4.26. The predicted octanol–water partition coefficient (Wildman–Crippen LogP) is 2.24. The molecule has 3 heterocycles. The summed E-state index contributed by atoms with van der Waals surface area (Å²) in [6.45, 7) is 11.0. The molecule has 0 atom stereocenters. The van der Waals surface area contributed by atoms with E-state index in [0.29, 0.717) is 11.3 Å². The second kappa shape index (κ2) is 6.03. The number of aryl methyl sites for hydroxylation is 1. The van der Waals surface area contributed by atoms with Gasteiger partial charge < -0.3 is 10.2 Å². The molecule has 122 valence electrons. The minimum atomic E-state index is 0.155. The summed E-state index contributed by atoms with van der Waals surface area (Å²) < 4.78 is 1.86. The van der Waals surface area contributed by atoms with Gasteiger partial charge in [-0.1, -0.05) is 13.8 Å². The summed E-state index contributed by atoms with van der Waals surface area (Å²) in [6.07, 6.45) is 3.52. The first-order chi connectivity index (χ1) is 10.5. The van der Waals surface area contributed by atoms with Crippen LogP contribution in [0, 0.1) is 5.41 Å². The van der Waals surface area contributed by atoms with E-state index in [4.69, 9.17) is 0 Å². The van der Waals surface area contributed by atoms with Gasteiger partial charge in [0.25, 0.3) is 5.91 Å². The molecule has 1 amide bonds. The van der Waals surface area contributed by atoms with Crippen LogP contribution in [-0.4, -0.2) is 46.8 Å². The Labute approximate surface area is 133 Å². The lowest BCUT2D eigenvalue weighted by atomic mass is 9.78. The van der Waals surface area contributed by atoms with Crippen molar-refractivity contribution in [3.8, 4) is 0 Å². The second-order valence-corrected chi connectivity index (χ2v) is 7.14. The molecule has 1 aromatic rings. The molecule has 0 saturated carbocycles. The summed E-state index contributed by atoms with van der Waals surface area (Å²) in [5.41, 5.74) is 2.22. The maximum absolute atomic E-state index is 12.9. The highest BCUT2D eigenvalue weighted by molar-refractivity contribution is 5.92. The number of piperidine rings is 1. The predicted molar refractivity (Wildman–Crippen MR) is 87.0 cm³/mol. The molecule has 0 unspecified atom stereocenters. The first kappa shape index (κ1) is 15.5. The Hall–Kier alpha value is -1.36. The van der Waals surface area contributed by atoms with E-state index >= 15 is 0 Å². The number of hydrogen-bond donors (Lipinski definition) is 1. The van der Waals surface area contributed by atoms with Gasteiger partial charge in [0.05, 0.1) is 5.69 Å². The Morgan fingerprint density at radius 1 is 1.36 bits per heavy atom. The van der Waals surface area contributed by atoms with Crippen LogP contribution < -0.4 is 5.32 Å². The van der Waals surface area contributed by atoms with E-state index in [-0.39, 0.29) is 5.91 Å². The van der Waals surface area contributed by atoms with E-state index in [1.807, 2.05) is 22.6 Å². The summed E-state index contributed by atoms with van der Waals surface area (Å²) in [5, 5.41) is 8.05. The molecule has 0 bridgehead atoms. The highest BCUT2D eigenvalue weighted by Crippen LogP contribution is 2.37. The minimum absolute atomic E-state index is 0.155. The number of carbonyl (C=O) groups is 1. The standard InChI is InChI=1S/C17H28N4O/c1-4-21-15(11-14(19-21)13(2)3)16(22)20-9-6-17(7-10-20)5-8-18-12-17/h11,13,18H,4-10,12H2,1-3H3. The maximum atomic E-state index is 12.9. The van der Waals surface area contributed by atoms with Crippen molar-refractivity contribution in [2.24, 2.45) is 5.41 Å². The van der Waals surface area contributed by atoms with Gasteiger partial charge in [0, 0.05) is 26.2 Å². The summed E-state index contributed by atoms with van der Waals surface area (Å²) in [5.74, 6) is 0.510. The number of carbonyl (C=O) groups excluding carboxylic acids is 1. The summed E-state index contributed by atoms with van der Waals surface area (Å²) in [7, 11) is 0. The minimum Gasteiger partial charge on any atom is -0.337 e. The Balaban J connectivity index is 1.72. The molecule has 0 aliphatic carbocycles. The van der Waals surface area contributed by atoms with Crippen LogP contribution in [0.4, 0.5) is 0 Å². The number of hydrogen-bond acceptors (Lipinski definition) is 3. The number of amides is 1. The van der Waals surface area contributed by atoms with Crippen LogP contribution >= 0.6 is 0 Å². The van der Waals surface area contributed by atoms with Crippen LogP contribution in [0.15, 0.2) is 6.07 Å². The van der Waals surface area contributed by atoms with Crippen molar-refractivity contribution in [1.29, 1.82) is 0 Å². The molecule has 1 aromatic heterocycles. The first-order valence-corrected chi connectivity index (χ1v) is 8.62. The van der Waals surface area contributed by atoms with Gasteiger partial charge in [-0.3, -0.25) is 9.48 Å². The molecule has 2 aliphatic rings. The van der Waals surface area contributed by atoms with Gasteiger partial charge in [0.2, 0.25) is 0 Å². The number of nitrogens with one attached hydrogen (secondary N) is 1. The van der Waals surface area contributed by atoms with E-state index in [9.17, 15) is 4.79 Å². The molecule has 22 heavy (non-hydrogen) atoms. The average molecular weight is 304 g/mol. The highest BCUT2D eigenvalue weighted by Gasteiger charge is 2.38. The first-order valence-electron chi connectivity index (χ1n) is 8.62. The van der Waals surface area contributed by atoms with Crippen LogP contribution in [0.2, 0.25) is 0 Å². The molecule has 0 radical (unpaired) electrons. The summed E-state index contributed by atoms with van der Waals surface area (Å²) in [6, 6.07) is 1.98. The SMILES string of the molecule is CCn1nc(C(C)C)cc1C(=O)N1CCC2(CCNC2)CC1. The van der Waals surface area contributed by atoms with Crippen molar-refractivity contribution in [3.05, 3.63) is 17.5 Å². The molecule has 1 spiro atoms. The number of nitrogens with zero attached hydrogens (tertiary/aromatic N) is 3. The summed E-state index contributed by atoms with van der Waals surface area (Å²) in [4.78, 5) is 14.9. The van der Waals surface area contributed by atoms with Gasteiger partial charge in [-0.2, -0.15) is 5.10 Å². The molecular formula is C17H28N4O. The number of likely N-dealkylation sites (tertiary alicyclic amines) is 1. The number of rotatable bonds is 3. The van der Waals surface area contributed by atoms with E-state index in [2.05, 4.69) is 24.3 Å². The normalized spacial score (nSPS) is 21.0. The van der Waals surface area contributed by atoms with Crippen molar-refractivity contribution < 1.29 is 4.79 Å². The lowest BCUT2D eigenvalue weighted by Crippen LogP contribution is -2.44. The fourth-order valence-electron chi connectivity index (χ4n) is 3.70. The lowest BCUT2D eigenvalue weighted by molar-refractivity contribution is 0.0595. The third-order valence-electron chi connectivity index (χ3n) is 5.35. The third-order valence-corrected chi connectivity index (χ3v) is 5.35. The molecule has 1 N–H and O–H groups in total. The molecule has 2 fully saturated rings. The molecule has 2 saturated heterocycles. The third kappa shape index (κ3) is 2.78. The fourth-order valence-corrected chi connectivity index (χ4v) is 3.70. The van der Waals surface area contributed by atoms with Crippen molar-refractivity contribution in [2.75, 3.05) is 26.2 Å². The number of aromatic nitrogens is 2. The van der Waals surface area contributed by atoms with Crippen LogP contribution in [0.25, 0.3) is 0 Å². The van der Waals surface area contributed by atoms with E-state index in [0.717, 1.165) is 57.0 Å². The van der Waals surface area contributed by atoms with Crippen LogP contribution in [0.5, 0.6) is 0 Å². The van der Waals surface area contributed by atoms with Gasteiger partial charge in [-0.25, -0.2) is 0 Å². The summed E-state index contributed by atoms with van der Waals surface area (Å²) >= 11 is 0. The Morgan fingerprint density at radius 3 is 2.64 bits per heavy atom. The topological polar surface area (TPSA) is 50.2 Å². The molecule has 2 aliphatic heterocycles. The van der Waals surface area contributed by atoms with Crippen LogP contribution in [-0.2, 0) is 6.54 Å². The van der Waals surface area contributed by atoms with Gasteiger partial charge in [-0.05, 0) is 50.1 Å². The van der Waals surface area contributed by atoms with E-state index in [1.54, 1.807) is 0 Å². The van der Waals surface area contributed by atoms with E-state index < -0.39 is 0 Å². The van der Waals surface area contributed by atoms with Gasteiger partial charge in [0.15, 0.2) is 0 Å². The quantitative estimate of drug-likeness (QED) is 0.932.